The van der Waals surface area contributed by atoms with E-state index in [0.717, 1.165) is 36.4 Å². The van der Waals surface area contributed by atoms with Crippen molar-refractivity contribution in [1.29, 1.82) is 0 Å². The molecule has 0 aliphatic carbocycles. The molecule has 3 rings (SSSR count). The molecule has 0 saturated carbocycles. The summed E-state index contributed by atoms with van der Waals surface area (Å²) in [7, 11) is 0. The van der Waals surface area contributed by atoms with Gasteiger partial charge in [0.15, 0.2) is 0 Å². The molecule has 0 unspecified atom stereocenters. The van der Waals surface area contributed by atoms with E-state index in [1.807, 2.05) is 41.5 Å². The van der Waals surface area contributed by atoms with Gasteiger partial charge in [-0.05, 0) is 55.3 Å². The molecule has 2 heterocycles. The molecule has 1 aliphatic rings. The third kappa shape index (κ3) is 4.61. The van der Waals surface area contributed by atoms with Crippen LogP contribution in [0.3, 0.4) is 0 Å². The molecule has 26 heavy (non-hydrogen) atoms. The number of thiophene rings is 1. The molecule has 1 saturated heterocycles. The number of nitrogens with zero attached hydrogens (tertiary/aromatic N) is 1. The fraction of sp³-hybridized carbons (Fsp3) is 0.333. The zero-order valence-electron chi connectivity index (χ0n) is 15.2. The molecule has 2 amide bonds. The van der Waals surface area contributed by atoms with Gasteiger partial charge in [0.25, 0.3) is 11.8 Å². The van der Waals surface area contributed by atoms with Crippen LogP contribution in [0.15, 0.2) is 47.5 Å². The number of hydrogen-bond donors (Lipinski definition) is 1. The SMILES string of the molecule is Cc1ccc(C(=O)NC(=Cc2cccs2)C(=O)N2CCC(C)CC2)cc1. The van der Waals surface area contributed by atoms with Gasteiger partial charge in [-0.2, -0.15) is 0 Å². The van der Waals surface area contributed by atoms with Crippen molar-refractivity contribution in [3.05, 3.63) is 63.5 Å². The van der Waals surface area contributed by atoms with Crippen molar-refractivity contribution in [1.82, 2.24) is 10.2 Å². The van der Waals surface area contributed by atoms with E-state index >= 15 is 0 Å². The molecule has 1 aliphatic heterocycles. The summed E-state index contributed by atoms with van der Waals surface area (Å²) < 4.78 is 0. The predicted molar refractivity (Wildman–Crippen MR) is 106 cm³/mol. The van der Waals surface area contributed by atoms with E-state index < -0.39 is 0 Å². The fourth-order valence-corrected chi connectivity index (χ4v) is 3.61. The molecule has 136 valence electrons. The normalized spacial score (nSPS) is 15.8. The second-order valence-corrected chi connectivity index (χ2v) is 7.85. The van der Waals surface area contributed by atoms with E-state index in [1.54, 1.807) is 29.5 Å². The minimum Gasteiger partial charge on any atom is -0.337 e. The number of nitrogens with one attached hydrogen (secondary N) is 1. The Balaban J connectivity index is 1.80. The van der Waals surface area contributed by atoms with Crippen molar-refractivity contribution < 1.29 is 9.59 Å². The lowest BCUT2D eigenvalue weighted by Crippen LogP contribution is -2.42. The molecule has 2 aromatic rings. The average molecular weight is 369 g/mol. The second-order valence-electron chi connectivity index (χ2n) is 6.87. The maximum absolute atomic E-state index is 13.0. The molecule has 1 aromatic carbocycles. The van der Waals surface area contributed by atoms with Gasteiger partial charge in [-0.25, -0.2) is 0 Å². The highest BCUT2D eigenvalue weighted by atomic mass is 32.1. The average Bonchev–Trinajstić information content (AvgIpc) is 3.15. The number of likely N-dealkylation sites (tertiary alicyclic amines) is 1. The van der Waals surface area contributed by atoms with Crippen molar-refractivity contribution in [2.24, 2.45) is 5.92 Å². The molecule has 1 aromatic heterocycles. The zero-order valence-corrected chi connectivity index (χ0v) is 16.0. The smallest absolute Gasteiger partial charge is 0.270 e. The minimum absolute atomic E-state index is 0.106. The van der Waals surface area contributed by atoms with Crippen LogP contribution in [-0.4, -0.2) is 29.8 Å². The Kier molecular flexibility index (Phi) is 5.89. The Morgan fingerprint density at radius 2 is 1.85 bits per heavy atom. The van der Waals surface area contributed by atoms with E-state index in [0.29, 0.717) is 17.2 Å². The number of carbonyl (C=O) groups excluding carboxylic acids is 2. The van der Waals surface area contributed by atoms with Crippen LogP contribution in [0, 0.1) is 12.8 Å². The summed E-state index contributed by atoms with van der Waals surface area (Å²) in [4.78, 5) is 28.4. The summed E-state index contributed by atoms with van der Waals surface area (Å²) in [5.41, 5.74) is 1.98. The molecule has 0 radical (unpaired) electrons. The summed E-state index contributed by atoms with van der Waals surface area (Å²) in [6.45, 7) is 5.67. The number of piperidine rings is 1. The number of hydrogen-bond acceptors (Lipinski definition) is 3. The first-order valence-electron chi connectivity index (χ1n) is 8.95. The lowest BCUT2D eigenvalue weighted by molar-refractivity contribution is -0.128. The number of carbonyl (C=O) groups is 2. The van der Waals surface area contributed by atoms with Crippen LogP contribution in [0.4, 0.5) is 0 Å². The lowest BCUT2D eigenvalue weighted by atomic mass is 9.99. The number of aryl methyl sites for hydroxylation is 1. The van der Waals surface area contributed by atoms with Crippen LogP contribution >= 0.6 is 11.3 Å². The monoisotopic (exact) mass is 368 g/mol. The van der Waals surface area contributed by atoms with Gasteiger partial charge in [0.05, 0.1) is 0 Å². The molecule has 0 atom stereocenters. The maximum Gasteiger partial charge on any atom is 0.270 e. The topological polar surface area (TPSA) is 49.4 Å². The molecule has 5 heteroatoms. The standard InChI is InChI=1S/C21H24N2O2S/c1-15-5-7-17(8-6-15)20(24)22-19(14-18-4-3-13-26-18)21(25)23-11-9-16(2)10-12-23/h3-8,13-14,16H,9-12H2,1-2H3,(H,22,24). The highest BCUT2D eigenvalue weighted by Crippen LogP contribution is 2.19. The predicted octanol–water partition coefficient (Wildman–Crippen LogP) is 4.09. The van der Waals surface area contributed by atoms with Crippen molar-refractivity contribution in [3.8, 4) is 0 Å². The third-order valence-corrected chi connectivity index (χ3v) is 5.51. The molecule has 4 nitrogen and oxygen atoms in total. The molecule has 1 fully saturated rings. The number of rotatable bonds is 4. The van der Waals surface area contributed by atoms with Crippen molar-refractivity contribution >= 4 is 29.2 Å². The van der Waals surface area contributed by atoms with Crippen LogP contribution in [-0.2, 0) is 4.79 Å². The maximum atomic E-state index is 13.0. The number of benzene rings is 1. The van der Waals surface area contributed by atoms with Crippen LogP contribution in [0.25, 0.3) is 6.08 Å². The fourth-order valence-electron chi connectivity index (χ4n) is 2.95. The summed E-state index contributed by atoms with van der Waals surface area (Å²) in [5.74, 6) is 0.281. The van der Waals surface area contributed by atoms with Gasteiger partial charge >= 0.3 is 0 Å². The zero-order chi connectivity index (χ0) is 18.5. The number of amides is 2. The Morgan fingerprint density at radius 3 is 2.46 bits per heavy atom. The van der Waals surface area contributed by atoms with E-state index in [1.165, 1.54) is 0 Å². The van der Waals surface area contributed by atoms with Crippen LogP contribution < -0.4 is 5.32 Å². The third-order valence-electron chi connectivity index (χ3n) is 4.69. The van der Waals surface area contributed by atoms with E-state index in [-0.39, 0.29) is 11.8 Å². The van der Waals surface area contributed by atoms with Crippen LogP contribution in [0.5, 0.6) is 0 Å². The largest absolute Gasteiger partial charge is 0.337 e. The first kappa shape index (κ1) is 18.4. The Bertz CT molecular complexity index is 786. The van der Waals surface area contributed by atoms with Gasteiger partial charge in [0, 0.05) is 23.5 Å². The summed E-state index contributed by atoms with van der Waals surface area (Å²) >= 11 is 1.54. The highest BCUT2D eigenvalue weighted by molar-refractivity contribution is 7.10. The summed E-state index contributed by atoms with van der Waals surface area (Å²) in [6.07, 6.45) is 3.78. The summed E-state index contributed by atoms with van der Waals surface area (Å²) in [6, 6.07) is 11.2. The van der Waals surface area contributed by atoms with E-state index in [4.69, 9.17) is 0 Å². The molecular weight excluding hydrogens is 344 g/mol. The first-order valence-corrected chi connectivity index (χ1v) is 9.83. The van der Waals surface area contributed by atoms with Gasteiger partial charge in [0.1, 0.15) is 5.70 Å². The van der Waals surface area contributed by atoms with Crippen LogP contribution in [0.1, 0.15) is 40.6 Å². The minimum atomic E-state index is -0.258. The molecule has 1 N–H and O–H groups in total. The van der Waals surface area contributed by atoms with Gasteiger partial charge in [-0.15, -0.1) is 11.3 Å². The van der Waals surface area contributed by atoms with Crippen molar-refractivity contribution in [2.75, 3.05) is 13.1 Å². The first-order chi connectivity index (χ1) is 12.5. The quantitative estimate of drug-likeness (QED) is 0.827. The lowest BCUT2D eigenvalue weighted by Gasteiger charge is -2.31. The Hall–Kier alpha value is -2.40. The van der Waals surface area contributed by atoms with Crippen LogP contribution in [0.2, 0.25) is 0 Å². The van der Waals surface area contributed by atoms with E-state index in [2.05, 4.69) is 12.2 Å². The second kappa shape index (κ2) is 8.32. The van der Waals surface area contributed by atoms with Gasteiger partial charge in [-0.1, -0.05) is 30.7 Å². The van der Waals surface area contributed by atoms with Crippen molar-refractivity contribution in [2.45, 2.75) is 26.7 Å². The summed E-state index contributed by atoms with van der Waals surface area (Å²) in [5, 5.41) is 4.79. The molecule has 0 bridgehead atoms. The Labute approximate surface area is 158 Å². The Morgan fingerprint density at radius 1 is 1.15 bits per heavy atom. The van der Waals surface area contributed by atoms with Gasteiger partial charge in [-0.3, -0.25) is 9.59 Å². The molecule has 0 spiro atoms. The van der Waals surface area contributed by atoms with Crippen molar-refractivity contribution in [3.63, 3.8) is 0 Å². The van der Waals surface area contributed by atoms with E-state index in [9.17, 15) is 9.59 Å². The molecular formula is C21H24N2O2S. The van der Waals surface area contributed by atoms with Gasteiger partial charge in [0.2, 0.25) is 0 Å². The van der Waals surface area contributed by atoms with Gasteiger partial charge < -0.3 is 10.2 Å². The highest BCUT2D eigenvalue weighted by Gasteiger charge is 2.24.